The zero-order valence-corrected chi connectivity index (χ0v) is 12.9. The van der Waals surface area contributed by atoms with E-state index in [-0.39, 0.29) is 0 Å². The topological polar surface area (TPSA) is 12.0 Å². The van der Waals surface area contributed by atoms with Crippen molar-refractivity contribution in [2.24, 2.45) is 0 Å². The number of nitrogens with one attached hydrogen (secondary N) is 1. The van der Waals surface area contributed by atoms with Crippen LogP contribution >= 0.6 is 0 Å². The number of hydrogen-bond donors (Lipinski definition) is 1. The van der Waals surface area contributed by atoms with Gasteiger partial charge in [-0.25, -0.2) is 0 Å². The molecule has 1 heterocycles. The molecule has 1 aliphatic rings. The monoisotopic (exact) mass is 277 g/mol. The highest BCUT2D eigenvalue weighted by atomic mass is 14.9. The Labute approximate surface area is 127 Å². The van der Waals surface area contributed by atoms with E-state index in [4.69, 9.17) is 0 Å². The predicted molar refractivity (Wildman–Crippen MR) is 90.2 cm³/mol. The molecule has 1 heteroatoms. The molecule has 2 aromatic carbocycles. The summed E-state index contributed by atoms with van der Waals surface area (Å²) in [5.74, 6) is 0. The Morgan fingerprint density at radius 3 is 2.52 bits per heavy atom. The van der Waals surface area contributed by atoms with Gasteiger partial charge in [0.2, 0.25) is 0 Å². The van der Waals surface area contributed by atoms with Crippen LogP contribution in [0.2, 0.25) is 0 Å². The van der Waals surface area contributed by atoms with E-state index in [0.29, 0.717) is 6.04 Å². The van der Waals surface area contributed by atoms with Crippen molar-refractivity contribution in [1.82, 2.24) is 5.32 Å². The molecular formula is C20H23N. The third kappa shape index (κ3) is 3.18. The molecule has 21 heavy (non-hydrogen) atoms. The van der Waals surface area contributed by atoms with Crippen molar-refractivity contribution < 1.29 is 0 Å². The zero-order chi connectivity index (χ0) is 14.7. The number of rotatable bonds is 3. The van der Waals surface area contributed by atoms with Crippen LogP contribution in [0.4, 0.5) is 0 Å². The summed E-state index contributed by atoms with van der Waals surface area (Å²) in [4.78, 5) is 0. The summed E-state index contributed by atoms with van der Waals surface area (Å²) in [6.45, 7) is 4.41. The second-order valence-corrected chi connectivity index (χ2v) is 6.01. The Bertz CT molecular complexity index is 640. The van der Waals surface area contributed by atoms with Crippen LogP contribution in [0.25, 0.3) is 5.57 Å². The van der Waals surface area contributed by atoms with Crippen LogP contribution in [0.15, 0.2) is 54.7 Å². The molecule has 0 saturated heterocycles. The second kappa shape index (κ2) is 6.17. The summed E-state index contributed by atoms with van der Waals surface area (Å²) >= 11 is 0. The van der Waals surface area contributed by atoms with Gasteiger partial charge in [-0.1, -0.05) is 48.5 Å². The first-order valence-corrected chi connectivity index (χ1v) is 7.79. The average molecular weight is 277 g/mol. The van der Waals surface area contributed by atoms with Crippen LogP contribution in [0.1, 0.15) is 35.1 Å². The fraction of sp³-hybridized carbons (Fsp3) is 0.300. The maximum absolute atomic E-state index is 3.60. The molecule has 0 radical (unpaired) electrons. The van der Waals surface area contributed by atoms with Crippen molar-refractivity contribution in [3.05, 3.63) is 77.0 Å². The van der Waals surface area contributed by atoms with Gasteiger partial charge < -0.3 is 5.32 Å². The van der Waals surface area contributed by atoms with E-state index in [1.807, 2.05) is 0 Å². The lowest BCUT2D eigenvalue weighted by Gasteiger charge is -2.25. The van der Waals surface area contributed by atoms with Gasteiger partial charge in [0, 0.05) is 12.2 Å². The van der Waals surface area contributed by atoms with E-state index < -0.39 is 0 Å². The Morgan fingerprint density at radius 1 is 1.00 bits per heavy atom. The molecule has 2 aromatic rings. The number of aryl methyl sites for hydroxylation is 1. The third-order valence-electron chi connectivity index (χ3n) is 4.53. The minimum Gasteiger partial charge on any atom is -0.388 e. The molecule has 1 atom stereocenters. The highest BCUT2D eigenvalue weighted by molar-refractivity contribution is 5.69. The van der Waals surface area contributed by atoms with Crippen LogP contribution in [-0.2, 0) is 6.42 Å². The van der Waals surface area contributed by atoms with Gasteiger partial charge >= 0.3 is 0 Å². The lowest BCUT2D eigenvalue weighted by molar-refractivity contribution is 0.530. The Kier molecular flexibility index (Phi) is 4.10. The summed E-state index contributed by atoms with van der Waals surface area (Å²) in [6, 6.07) is 17.9. The second-order valence-electron chi connectivity index (χ2n) is 6.01. The molecule has 1 N–H and O–H groups in total. The first-order valence-electron chi connectivity index (χ1n) is 7.79. The first-order chi connectivity index (χ1) is 10.2. The summed E-state index contributed by atoms with van der Waals surface area (Å²) < 4.78 is 0. The molecule has 0 amide bonds. The molecule has 0 aromatic heterocycles. The normalized spacial score (nSPS) is 18.0. The fourth-order valence-corrected chi connectivity index (χ4v) is 3.07. The van der Waals surface area contributed by atoms with Gasteiger partial charge in [0.05, 0.1) is 0 Å². The molecule has 3 rings (SSSR count). The number of benzene rings is 2. The largest absolute Gasteiger partial charge is 0.388 e. The van der Waals surface area contributed by atoms with E-state index in [1.165, 1.54) is 34.2 Å². The fourth-order valence-electron chi connectivity index (χ4n) is 3.07. The van der Waals surface area contributed by atoms with Gasteiger partial charge in [0.25, 0.3) is 0 Å². The minimum atomic E-state index is 0.557. The maximum atomic E-state index is 3.60. The van der Waals surface area contributed by atoms with Crippen molar-refractivity contribution >= 4 is 5.57 Å². The summed E-state index contributed by atoms with van der Waals surface area (Å²) in [7, 11) is 0. The van der Waals surface area contributed by atoms with Crippen molar-refractivity contribution in [1.29, 1.82) is 0 Å². The Morgan fingerprint density at radius 2 is 1.81 bits per heavy atom. The standard InChI is InChI=1S/C20H23N/c1-15-7-6-10-20(16(15)2)18-11-12-19(21-14-18)13-17-8-4-3-5-9-17/h3-10,14,19,21H,11-13H2,1-2H3. The summed E-state index contributed by atoms with van der Waals surface area (Å²) in [5.41, 5.74) is 7.05. The summed E-state index contributed by atoms with van der Waals surface area (Å²) in [6.07, 6.45) is 5.71. The van der Waals surface area contributed by atoms with Crippen molar-refractivity contribution in [3.8, 4) is 0 Å². The smallest absolute Gasteiger partial charge is 0.0299 e. The quantitative estimate of drug-likeness (QED) is 0.862. The Hall–Kier alpha value is -2.02. The van der Waals surface area contributed by atoms with Crippen LogP contribution < -0.4 is 5.32 Å². The molecular weight excluding hydrogens is 254 g/mol. The lowest BCUT2D eigenvalue weighted by atomic mass is 9.90. The van der Waals surface area contributed by atoms with Crippen LogP contribution in [-0.4, -0.2) is 6.04 Å². The lowest BCUT2D eigenvalue weighted by Crippen LogP contribution is -2.30. The molecule has 108 valence electrons. The van der Waals surface area contributed by atoms with Gasteiger partial charge in [0.1, 0.15) is 0 Å². The predicted octanol–water partition coefficient (Wildman–Crippen LogP) is 4.64. The Balaban J connectivity index is 1.71. The van der Waals surface area contributed by atoms with Crippen LogP contribution in [0.5, 0.6) is 0 Å². The first kappa shape index (κ1) is 13.9. The van der Waals surface area contributed by atoms with Crippen LogP contribution in [0.3, 0.4) is 0 Å². The molecule has 0 bridgehead atoms. The van der Waals surface area contributed by atoms with Crippen LogP contribution in [0, 0.1) is 13.8 Å². The molecule has 1 aliphatic heterocycles. The highest BCUT2D eigenvalue weighted by Crippen LogP contribution is 2.28. The van der Waals surface area contributed by atoms with E-state index in [9.17, 15) is 0 Å². The SMILES string of the molecule is Cc1cccc(C2=CNC(Cc3ccccc3)CC2)c1C. The van der Waals surface area contributed by atoms with Gasteiger partial charge in [-0.15, -0.1) is 0 Å². The molecule has 1 nitrogen and oxygen atoms in total. The van der Waals surface area contributed by atoms with Gasteiger partial charge in [-0.3, -0.25) is 0 Å². The van der Waals surface area contributed by atoms with Crippen molar-refractivity contribution in [2.45, 2.75) is 39.2 Å². The molecule has 1 unspecified atom stereocenters. The van der Waals surface area contributed by atoms with E-state index >= 15 is 0 Å². The third-order valence-corrected chi connectivity index (χ3v) is 4.53. The van der Waals surface area contributed by atoms with Crippen molar-refractivity contribution in [3.63, 3.8) is 0 Å². The van der Waals surface area contributed by atoms with Gasteiger partial charge in [-0.05, 0) is 60.9 Å². The maximum Gasteiger partial charge on any atom is 0.0299 e. The summed E-state index contributed by atoms with van der Waals surface area (Å²) in [5, 5.41) is 3.60. The van der Waals surface area contributed by atoms with E-state index in [2.05, 4.69) is 73.9 Å². The highest BCUT2D eigenvalue weighted by Gasteiger charge is 2.16. The zero-order valence-electron chi connectivity index (χ0n) is 12.9. The molecule has 0 fully saturated rings. The number of hydrogen-bond acceptors (Lipinski definition) is 1. The van der Waals surface area contributed by atoms with E-state index in [1.54, 1.807) is 0 Å². The van der Waals surface area contributed by atoms with Gasteiger partial charge in [-0.2, -0.15) is 0 Å². The molecule has 0 spiro atoms. The minimum absolute atomic E-state index is 0.557. The average Bonchev–Trinajstić information content (AvgIpc) is 2.52. The molecule has 0 saturated carbocycles. The van der Waals surface area contributed by atoms with E-state index in [0.717, 1.165) is 12.8 Å². The van der Waals surface area contributed by atoms with Gasteiger partial charge in [0.15, 0.2) is 0 Å². The number of allylic oxidation sites excluding steroid dienone is 1. The molecule has 0 aliphatic carbocycles. The van der Waals surface area contributed by atoms with Crippen molar-refractivity contribution in [2.75, 3.05) is 0 Å².